The van der Waals surface area contributed by atoms with Gasteiger partial charge in [0.25, 0.3) is 0 Å². The lowest BCUT2D eigenvalue weighted by Gasteiger charge is -2.34. The van der Waals surface area contributed by atoms with Crippen LogP contribution in [-0.4, -0.2) is 69.4 Å². The zero-order valence-electron chi connectivity index (χ0n) is 19.0. The highest BCUT2D eigenvalue weighted by Crippen LogP contribution is 2.25. The summed E-state index contributed by atoms with van der Waals surface area (Å²) in [4.78, 5) is 7.34. The third-order valence-corrected chi connectivity index (χ3v) is 5.97. The SMILES string of the molecule is CCNC(=NCCOc1ccccc1C(C)C)NC1CCN(CC2CCOC2)CC1. The lowest BCUT2D eigenvalue weighted by molar-refractivity contribution is 0.150. The van der Waals surface area contributed by atoms with E-state index >= 15 is 0 Å². The molecular formula is C24H40N4O2. The Kier molecular flexibility index (Phi) is 9.27. The quantitative estimate of drug-likeness (QED) is 0.368. The Bertz CT molecular complexity index is 650. The van der Waals surface area contributed by atoms with E-state index in [4.69, 9.17) is 14.5 Å². The van der Waals surface area contributed by atoms with Crippen LogP contribution in [0.1, 0.15) is 51.5 Å². The van der Waals surface area contributed by atoms with Crippen molar-refractivity contribution in [3.63, 3.8) is 0 Å². The second-order valence-corrected chi connectivity index (χ2v) is 8.75. The van der Waals surface area contributed by atoms with Crippen LogP contribution in [0.3, 0.4) is 0 Å². The van der Waals surface area contributed by atoms with Crippen molar-refractivity contribution in [1.82, 2.24) is 15.5 Å². The van der Waals surface area contributed by atoms with Gasteiger partial charge in [-0.05, 0) is 49.7 Å². The third-order valence-electron chi connectivity index (χ3n) is 5.97. The van der Waals surface area contributed by atoms with Gasteiger partial charge >= 0.3 is 0 Å². The number of nitrogens with one attached hydrogen (secondary N) is 2. The van der Waals surface area contributed by atoms with Crippen molar-refractivity contribution < 1.29 is 9.47 Å². The molecule has 1 aromatic rings. The van der Waals surface area contributed by atoms with E-state index < -0.39 is 0 Å². The number of hydrogen-bond donors (Lipinski definition) is 2. The first-order valence-electron chi connectivity index (χ1n) is 11.7. The molecule has 2 N–H and O–H groups in total. The van der Waals surface area contributed by atoms with Gasteiger partial charge in [-0.15, -0.1) is 0 Å². The highest BCUT2D eigenvalue weighted by molar-refractivity contribution is 5.80. The minimum Gasteiger partial charge on any atom is -0.491 e. The number of para-hydroxylation sites is 1. The molecule has 2 saturated heterocycles. The smallest absolute Gasteiger partial charge is 0.191 e. The molecule has 2 heterocycles. The average molecular weight is 417 g/mol. The highest BCUT2D eigenvalue weighted by atomic mass is 16.5. The summed E-state index contributed by atoms with van der Waals surface area (Å²) in [6, 6.07) is 8.78. The molecular weight excluding hydrogens is 376 g/mol. The molecule has 1 aromatic carbocycles. The second kappa shape index (κ2) is 12.2. The Labute approximate surface area is 182 Å². The van der Waals surface area contributed by atoms with Gasteiger partial charge in [0.15, 0.2) is 5.96 Å². The molecule has 30 heavy (non-hydrogen) atoms. The van der Waals surface area contributed by atoms with Crippen molar-refractivity contribution in [3.05, 3.63) is 29.8 Å². The molecule has 0 aliphatic carbocycles. The molecule has 6 heteroatoms. The summed E-state index contributed by atoms with van der Waals surface area (Å²) in [5.41, 5.74) is 1.25. The first-order valence-corrected chi connectivity index (χ1v) is 11.7. The largest absolute Gasteiger partial charge is 0.491 e. The lowest BCUT2D eigenvalue weighted by atomic mass is 10.0. The van der Waals surface area contributed by atoms with Gasteiger partial charge in [-0.25, -0.2) is 4.99 Å². The van der Waals surface area contributed by atoms with Gasteiger partial charge in [-0.1, -0.05) is 32.0 Å². The number of nitrogens with zero attached hydrogens (tertiary/aromatic N) is 2. The summed E-state index contributed by atoms with van der Waals surface area (Å²) in [5, 5.41) is 7.01. The molecule has 0 radical (unpaired) electrons. The van der Waals surface area contributed by atoms with Crippen molar-refractivity contribution in [2.75, 3.05) is 52.5 Å². The van der Waals surface area contributed by atoms with E-state index in [0.717, 1.165) is 63.3 Å². The predicted molar refractivity (Wildman–Crippen MR) is 124 cm³/mol. The first kappa shape index (κ1) is 22.9. The fourth-order valence-corrected chi connectivity index (χ4v) is 4.27. The number of guanidine groups is 1. The monoisotopic (exact) mass is 416 g/mol. The van der Waals surface area contributed by atoms with Crippen molar-refractivity contribution >= 4 is 5.96 Å². The van der Waals surface area contributed by atoms with E-state index in [2.05, 4.69) is 48.4 Å². The summed E-state index contributed by atoms with van der Waals surface area (Å²) in [6.45, 7) is 14.0. The molecule has 1 unspecified atom stereocenters. The summed E-state index contributed by atoms with van der Waals surface area (Å²) < 4.78 is 11.5. The molecule has 0 aromatic heterocycles. The lowest BCUT2D eigenvalue weighted by Crippen LogP contribution is -2.49. The number of piperidine rings is 1. The third kappa shape index (κ3) is 7.17. The van der Waals surface area contributed by atoms with Crippen LogP contribution in [0.5, 0.6) is 5.75 Å². The van der Waals surface area contributed by atoms with Crippen molar-refractivity contribution in [2.24, 2.45) is 10.9 Å². The number of likely N-dealkylation sites (tertiary alicyclic amines) is 1. The Balaban J connectivity index is 1.41. The second-order valence-electron chi connectivity index (χ2n) is 8.75. The van der Waals surface area contributed by atoms with Crippen LogP contribution in [0, 0.1) is 5.92 Å². The minimum absolute atomic E-state index is 0.454. The summed E-state index contributed by atoms with van der Waals surface area (Å²) in [5.74, 6) is 3.06. The standard InChI is InChI=1S/C24H40N4O2/c1-4-25-24(26-12-16-30-23-8-6-5-7-22(23)19(2)3)27-21-9-13-28(14-10-21)17-20-11-15-29-18-20/h5-8,19-21H,4,9-18H2,1-3H3,(H2,25,26,27). The fourth-order valence-electron chi connectivity index (χ4n) is 4.27. The fraction of sp³-hybridized carbons (Fsp3) is 0.708. The van der Waals surface area contributed by atoms with Gasteiger partial charge in [-0.2, -0.15) is 0 Å². The van der Waals surface area contributed by atoms with Crippen LogP contribution < -0.4 is 15.4 Å². The molecule has 6 nitrogen and oxygen atoms in total. The maximum absolute atomic E-state index is 6.01. The van der Waals surface area contributed by atoms with Crippen molar-refractivity contribution in [2.45, 2.75) is 52.0 Å². The maximum Gasteiger partial charge on any atom is 0.191 e. The Morgan fingerprint density at radius 1 is 1.23 bits per heavy atom. The van der Waals surface area contributed by atoms with Gasteiger partial charge in [-0.3, -0.25) is 0 Å². The number of benzene rings is 1. The van der Waals surface area contributed by atoms with E-state index in [9.17, 15) is 0 Å². The van der Waals surface area contributed by atoms with E-state index in [1.807, 2.05) is 12.1 Å². The topological polar surface area (TPSA) is 58.1 Å². The zero-order valence-corrected chi connectivity index (χ0v) is 19.0. The molecule has 2 aliphatic rings. The number of rotatable bonds is 9. The van der Waals surface area contributed by atoms with Crippen LogP contribution in [0.25, 0.3) is 0 Å². The van der Waals surface area contributed by atoms with Gasteiger partial charge in [0, 0.05) is 38.8 Å². The zero-order chi connectivity index (χ0) is 21.2. The molecule has 0 bridgehead atoms. The minimum atomic E-state index is 0.454. The summed E-state index contributed by atoms with van der Waals surface area (Å²) >= 11 is 0. The molecule has 2 aliphatic heterocycles. The number of ether oxygens (including phenoxy) is 2. The number of hydrogen-bond acceptors (Lipinski definition) is 4. The maximum atomic E-state index is 6.01. The van der Waals surface area contributed by atoms with Crippen molar-refractivity contribution in [1.29, 1.82) is 0 Å². The molecule has 168 valence electrons. The molecule has 0 saturated carbocycles. The molecule has 0 spiro atoms. The number of aliphatic imine (C=N–C) groups is 1. The molecule has 3 rings (SSSR count). The normalized spacial score (nSPS) is 21.2. The Morgan fingerprint density at radius 3 is 2.73 bits per heavy atom. The van der Waals surface area contributed by atoms with Gasteiger partial charge in [0.1, 0.15) is 12.4 Å². The van der Waals surface area contributed by atoms with Crippen LogP contribution in [-0.2, 0) is 4.74 Å². The predicted octanol–water partition coefficient (Wildman–Crippen LogP) is 3.24. The van der Waals surface area contributed by atoms with E-state index in [1.165, 1.54) is 18.5 Å². The Hall–Kier alpha value is -1.79. The summed E-state index contributed by atoms with van der Waals surface area (Å²) in [6.07, 6.45) is 3.55. The van der Waals surface area contributed by atoms with Gasteiger partial charge in [0.2, 0.25) is 0 Å². The molecule has 2 fully saturated rings. The molecule has 0 amide bonds. The van der Waals surface area contributed by atoms with Gasteiger partial charge < -0.3 is 25.0 Å². The van der Waals surface area contributed by atoms with E-state index in [1.54, 1.807) is 0 Å². The first-order chi connectivity index (χ1) is 14.7. The summed E-state index contributed by atoms with van der Waals surface area (Å²) in [7, 11) is 0. The average Bonchev–Trinajstić information content (AvgIpc) is 3.26. The van der Waals surface area contributed by atoms with Crippen LogP contribution in [0.15, 0.2) is 29.3 Å². The molecule has 1 atom stereocenters. The van der Waals surface area contributed by atoms with E-state index in [-0.39, 0.29) is 0 Å². The Morgan fingerprint density at radius 2 is 2.03 bits per heavy atom. The van der Waals surface area contributed by atoms with Crippen LogP contribution in [0.2, 0.25) is 0 Å². The van der Waals surface area contributed by atoms with Crippen LogP contribution in [0.4, 0.5) is 0 Å². The highest BCUT2D eigenvalue weighted by Gasteiger charge is 2.24. The van der Waals surface area contributed by atoms with E-state index in [0.29, 0.717) is 25.1 Å². The van der Waals surface area contributed by atoms with Gasteiger partial charge in [0.05, 0.1) is 13.2 Å². The van der Waals surface area contributed by atoms with Crippen molar-refractivity contribution in [3.8, 4) is 5.75 Å². The van der Waals surface area contributed by atoms with Crippen LogP contribution >= 0.6 is 0 Å².